The maximum absolute atomic E-state index is 12.1. The van der Waals surface area contributed by atoms with Crippen molar-refractivity contribution in [1.29, 1.82) is 0 Å². The molecule has 0 bridgehead atoms. The van der Waals surface area contributed by atoms with Crippen LogP contribution in [0.2, 0.25) is 0 Å². The van der Waals surface area contributed by atoms with Crippen LogP contribution in [0.5, 0.6) is 5.75 Å². The Labute approximate surface area is 115 Å². The van der Waals surface area contributed by atoms with Crippen molar-refractivity contribution in [3.8, 4) is 5.75 Å². The van der Waals surface area contributed by atoms with Gasteiger partial charge in [-0.3, -0.25) is 4.79 Å². The van der Waals surface area contributed by atoms with Gasteiger partial charge >= 0.3 is 6.36 Å². The normalized spacial score (nSPS) is 12.9. The standard InChI is InChI=1S/C13H17F3N2O2/c1-9(7-8-17)18(2)12(19)10-3-5-11(6-4-10)20-13(14,15)16/h3-6,9H,7-8,17H2,1-2H3. The van der Waals surface area contributed by atoms with E-state index in [1.807, 2.05) is 6.92 Å². The maximum atomic E-state index is 12.1. The number of alkyl halides is 3. The molecule has 7 heteroatoms. The van der Waals surface area contributed by atoms with Crippen molar-refractivity contribution in [2.75, 3.05) is 13.6 Å². The van der Waals surface area contributed by atoms with Gasteiger partial charge in [0.1, 0.15) is 5.75 Å². The minimum Gasteiger partial charge on any atom is -0.406 e. The van der Waals surface area contributed by atoms with Crippen LogP contribution in [-0.2, 0) is 0 Å². The smallest absolute Gasteiger partial charge is 0.406 e. The minimum absolute atomic E-state index is 0.0430. The summed E-state index contributed by atoms with van der Waals surface area (Å²) in [5.74, 6) is -0.629. The van der Waals surface area contributed by atoms with Crippen LogP contribution in [0.15, 0.2) is 24.3 Å². The topological polar surface area (TPSA) is 55.6 Å². The fraction of sp³-hybridized carbons (Fsp3) is 0.462. The van der Waals surface area contributed by atoms with Crippen LogP contribution >= 0.6 is 0 Å². The Morgan fingerprint density at radius 2 is 1.90 bits per heavy atom. The van der Waals surface area contributed by atoms with E-state index in [4.69, 9.17) is 5.73 Å². The SMILES string of the molecule is CC(CCN)N(C)C(=O)c1ccc(OC(F)(F)F)cc1. The number of amides is 1. The zero-order valence-corrected chi connectivity index (χ0v) is 11.3. The third-order valence-electron chi connectivity index (χ3n) is 2.90. The van der Waals surface area contributed by atoms with Gasteiger partial charge in [-0.1, -0.05) is 0 Å². The molecule has 1 unspecified atom stereocenters. The van der Waals surface area contributed by atoms with Crippen molar-refractivity contribution in [2.45, 2.75) is 25.7 Å². The minimum atomic E-state index is -4.74. The molecule has 20 heavy (non-hydrogen) atoms. The molecule has 112 valence electrons. The number of nitrogens with zero attached hydrogens (tertiary/aromatic N) is 1. The van der Waals surface area contributed by atoms with E-state index in [-0.39, 0.29) is 17.7 Å². The molecule has 0 aliphatic rings. The predicted molar refractivity (Wildman–Crippen MR) is 68.4 cm³/mol. The van der Waals surface area contributed by atoms with Crippen LogP contribution < -0.4 is 10.5 Å². The van der Waals surface area contributed by atoms with Gasteiger partial charge in [-0.05, 0) is 44.2 Å². The zero-order valence-electron chi connectivity index (χ0n) is 11.3. The lowest BCUT2D eigenvalue weighted by molar-refractivity contribution is -0.274. The van der Waals surface area contributed by atoms with E-state index in [0.29, 0.717) is 18.5 Å². The molecule has 0 radical (unpaired) electrons. The molecule has 1 atom stereocenters. The summed E-state index contributed by atoms with van der Waals surface area (Å²) in [5.41, 5.74) is 5.72. The summed E-state index contributed by atoms with van der Waals surface area (Å²) < 4.78 is 39.8. The van der Waals surface area contributed by atoms with Crippen LogP contribution in [0.25, 0.3) is 0 Å². The highest BCUT2D eigenvalue weighted by Crippen LogP contribution is 2.23. The highest BCUT2D eigenvalue weighted by atomic mass is 19.4. The number of carbonyl (C=O) groups excluding carboxylic acids is 1. The molecule has 1 amide bonds. The summed E-state index contributed by atoms with van der Waals surface area (Å²) in [5, 5.41) is 0. The molecule has 4 nitrogen and oxygen atoms in total. The Balaban J connectivity index is 2.75. The molecule has 1 rings (SSSR count). The van der Waals surface area contributed by atoms with Gasteiger partial charge in [-0.15, -0.1) is 13.2 Å². The van der Waals surface area contributed by atoms with Gasteiger partial charge in [0.2, 0.25) is 0 Å². The number of benzene rings is 1. The van der Waals surface area contributed by atoms with Crippen molar-refractivity contribution >= 4 is 5.91 Å². The lowest BCUT2D eigenvalue weighted by Gasteiger charge is -2.24. The first kappa shape index (κ1) is 16.3. The van der Waals surface area contributed by atoms with Gasteiger partial charge in [0.05, 0.1) is 0 Å². The number of rotatable bonds is 5. The second-order valence-corrected chi connectivity index (χ2v) is 4.41. The molecule has 0 fully saturated rings. The van der Waals surface area contributed by atoms with Crippen LogP contribution in [0.1, 0.15) is 23.7 Å². The second kappa shape index (κ2) is 6.60. The van der Waals surface area contributed by atoms with E-state index < -0.39 is 6.36 Å². The van der Waals surface area contributed by atoms with E-state index in [0.717, 1.165) is 12.1 Å². The number of carbonyl (C=O) groups is 1. The number of ether oxygens (including phenoxy) is 1. The molecule has 0 aliphatic carbocycles. The fourth-order valence-electron chi connectivity index (χ4n) is 1.64. The summed E-state index contributed by atoms with van der Waals surface area (Å²) in [6, 6.07) is 4.78. The second-order valence-electron chi connectivity index (χ2n) is 4.41. The molecule has 0 heterocycles. The van der Waals surface area contributed by atoms with Gasteiger partial charge in [-0.2, -0.15) is 0 Å². The van der Waals surface area contributed by atoms with E-state index in [1.165, 1.54) is 17.0 Å². The Kier molecular flexibility index (Phi) is 5.38. The summed E-state index contributed by atoms with van der Waals surface area (Å²) in [4.78, 5) is 13.6. The first-order valence-electron chi connectivity index (χ1n) is 6.07. The quantitative estimate of drug-likeness (QED) is 0.906. The molecule has 1 aromatic carbocycles. The van der Waals surface area contributed by atoms with Gasteiger partial charge in [-0.25, -0.2) is 0 Å². The van der Waals surface area contributed by atoms with Gasteiger partial charge in [0.15, 0.2) is 0 Å². The summed E-state index contributed by atoms with van der Waals surface area (Å²) in [6.07, 6.45) is -4.09. The number of hydrogen-bond acceptors (Lipinski definition) is 3. The summed E-state index contributed by atoms with van der Waals surface area (Å²) in [7, 11) is 1.63. The van der Waals surface area contributed by atoms with Crippen LogP contribution in [-0.4, -0.2) is 36.8 Å². The molecule has 0 saturated carbocycles. The van der Waals surface area contributed by atoms with Crippen LogP contribution in [0, 0.1) is 0 Å². The Morgan fingerprint density at radius 1 is 1.35 bits per heavy atom. The lowest BCUT2D eigenvalue weighted by atomic mass is 10.1. The van der Waals surface area contributed by atoms with Gasteiger partial charge < -0.3 is 15.4 Å². The van der Waals surface area contributed by atoms with E-state index in [2.05, 4.69) is 4.74 Å². The molecule has 0 saturated heterocycles. The van der Waals surface area contributed by atoms with E-state index in [1.54, 1.807) is 7.05 Å². The molecule has 2 N–H and O–H groups in total. The van der Waals surface area contributed by atoms with E-state index >= 15 is 0 Å². The summed E-state index contributed by atoms with van der Waals surface area (Å²) >= 11 is 0. The molecule has 0 aliphatic heterocycles. The van der Waals surface area contributed by atoms with Gasteiger partial charge in [0.25, 0.3) is 5.91 Å². The predicted octanol–water partition coefficient (Wildman–Crippen LogP) is 2.39. The van der Waals surface area contributed by atoms with Crippen LogP contribution in [0.4, 0.5) is 13.2 Å². The number of hydrogen-bond donors (Lipinski definition) is 1. The molecular weight excluding hydrogens is 273 g/mol. The number of halogens is 3. The molecule has 0 aromatic heterocycles. The Morgan fingerprint density at radius 3 is 2.35 bits per heavy atom. The van der Waals surface area contributed by atoms with E-state index in [9.17, 15) is 18.0 Å². The van der Waals surface area contributed by atoms with Crippen molar-refractivity contribution in [1.82, 2.24) is 4.90 Å². The van der Waals surface area contributed by atoms with Crippen LogP contribution in [0.3, 0.4) is 0 Å². The number of nitrogens with two attached hydrogens (primary N) is 1. The average molecular weight is 290 g/mol. The first-order valence-corrected chi connectivity index (χ1v) is 6.07. The first-order chi connectivity index (χ1) is 9.24. The summed E-state index contributed by atoms with van der Waals surface area (Å²) in [6.45, 7) is 2.31. The maximum Gasteiger partial charge on any atom is 0.573 e. The Bertz CT molecular complexity index is 446. The molecule has 0 spiro atoms. The average Bonchev–Trinajstić information content (AvgIpc) is 2.36. The highest BCUT2D eigenvalue weighted by molar-refractivity contribution is 5.94. The monoisotopic (exact) mass is 290 g/mol. The van der Waals surface area contributed by atoms with Crippen molar-refractivity contribution < 1.29 is 22.7 Å². The lowest BCUT2D eigenvalue weighted by Crippen LogP contribution is -2.36. The highest BCUT2D eigenvalue weighted by Gasteiger charge is 2.31. The van der Waals surface area contributed by atoms with Gasteiger partial charge in [0, 0.05) is 18.7 Å². The fourth-order valence-corrected chi connectivity index (χ4v) is 1.64. The molecule has 1 aromatic rings. The zero-order chi connectivity index (χ0) is 15.3. The largest absolute Gasteiger partial charge is 0.573 e. The van der Waals surface area contributed by atoms with Crippen molar-refractivity contribution in [3.05, 3.63) is 29.8 Å². The third kappa shape index (κ3) is 4.73. The third-order valence-corrected chi connectivity index (χ3v) is 2.90. The van der Waals surface area contributed by atoms with Crippen molar-refractivity contribution in [2.24, 2.45) is 5.73 Å². The Hall–Kier alpha value is -1.76. The molecular formula is C13H17F3N2O2. The van der Waals surface area contributed by atoms with Crippen molar-refractivity contribution in [3.63, 3.8) is 0 Å².